The third-order valence-electron chi connectivity index (χ3n) is 5.51. The molecule has 0 N–H and O–H groups in total. The van der Waals surface area contributed by atoms with Crippen molar-refractivity contribution in [2.24, 2.45) is 11.8 Å². The fraction of sp³-hybridized carbons (Fsp3) is 0.391. The van der Waals surface area contributed by atoms with Gasteiger partial charge in [-0.05, 0) is 17.0 Å². The van der Waals surface area contributed by atoms with Gasteiger partial charge in [0.05, 0.1) is 13.0 Å². The normalized spacial score (nSPS) is 22.2. The number of ether oxygens (including phenoxy) is 1. The molecule has 0 spiro atoms. The zero-order valence-corrected chi connectivity index (χ0v) is 16.3. The largest absolute Gasteiger partial charge is 0.467 e. The molecule has 1 aliphatic carbocycles. The number of methoxy groups -OCH3 is 1. The van der Waals surface area contributed by atoms with E-state index in [-0.39, 0.29) is 35.5 Å². The van der Waals surface area contributed by atoms with E-state index in [0.717, 1.165) is 11.1 Å². The number of benzene rings is 2. The summed E-state index contributed by atoms with van der Waals surface area (Å²) in [6.07, 6.45) is 0. The number of esters is 1. The predicted molar refractivity (Wildman–Crippen MR) is 105 cm³/mol. The maximum atomic E-state index is 13.4. The molecule has 1 fully saturated rings. The van der Waals surface area contributed by atoms with Crippen molar-refractivity contribution < 1.29 is 14.3 Å². The molecule has 27 heavy (non-hydrogen) atoms. The number of likely N-dealkylation sites (N-methyl/N-ethyl adjacent to an activating group) is 1. The molecule has 0 aromatic heterocycles. The highest BCUT2D eigenvalue weighted by Crippen LogP contribution is 2.61. The first-order chi connectivity index (χ1) is 13.0. The molecule has 1 aliphatic rings. The topological polar surface area (TPSA) is 46.6 Å². The van der Waals surface area contributed by atoms with E-state index in [9.17, 15) is 9.59 Å². The minimum absolute atomic E-state index is 0.00167. The smallest absolute Gasteiger partial charge is 0.328 e. The van der Waals surface area contributed by atoms with E-state index in [1.54, 1.807) is 11.9 Å². The van der Waals surface area contributed by atoms with E-state index in [0.29, 0.717) is 0 Å². The monoisotopic (exact) mass is 365 g/mol. The lowest BCUT2D eigenvalue weighted by molar-refractivity contribution is -0.154. The Balaban J connectivity index is 1.90. The van der Waals surface area contributed by atoms with Crippen LogP contribution in [0.3, 0.4) is 0 Å². The number of hydrogen-bond donors (Lipinski definition) is 0. The standard InChI is InChI=1S/C23H27NO3/c1-15(2)21(23(26)27-4)24(3)22(25)20-18(16-11-7-5-8-12-16)19(20)17-13-9-6-10-14-17/h5-15,18-21H,1-4H3/t18-,19-,21-/m0/s1. The Hall–Kier alpha value is -2.62. The molecule has 0 saturated heterocycles. The van der Waals surface area contributed by atoms with Crippen LogP contribution in [0.15, 0.2) is 60.7 Å². The molecule has 4 heteroatoms. The summed E-state index contributed by atoms with van der Waals surface area (Å²) in [6, 6.07) is 19.7. The first kappa shape index (κ1) is 19.2. The Labute approximate surface area is 161 Å². The second-order valence-electron chi connectivity index (χ2n) is 7.56. The second-order valence-corrected chi connectivity index (χ2v) is 7.56. The van der Waals surface area contributed by atoms with Crippen LogP contribution in [0, 0.1) is 11.8 Å². The molecular formula is C23H27NO3. The van der Waals surface area contributed by atoms with Crippen LogP contribution in [0.2, 0.25) is 0 Å². The molecule has 0 unspecified atom stereocenters. The van der Waals surface area contributed by atoms with Gasteiger partial charge in [0.1, 0.15) is 6.04 Å². The van der Waals surface area contributed by atoms with Crippen LogP contribution >= 0.6 is 0 Å². The highest BCUT2D eigenvalue weighted by molar-refractivity contribution is 5.89. The SMILES string of the molecule is COC(=O)[C@H](C(C)C)N(C)C(=O)C1[C@@H](c2ccccc2)[C@@H]1c1ccccc1. The molecule has 1 amide bonds. The summed E-state index contributed by atoms with van der Waals surface area (Å²) in [5, 5.41) is 0. The lowest BCUT2D eigenvalue weighted by atomic mass is 10.0. The van der Waals surface area contributed by atoms with Crippen molar-refractivity contribution >= 4 is 11.9 Å². The number of nitrogens with zero attached hydrogens (tertiary/aromatic N) is 1. The van der Waals surface area contributed by atoms with Crippen molar-refractivity contribution in [3.05, 3.63) is 71.8 Å². The van der Waals surface area contributed by atoms with E-state index in [2.05, 4.69) is 24.3 Å². The summed E-state index contributed by atoms with van der Waals surface area (Å²) >= 11 is 0. The van der Waals surface area contributed by atoms with Crippen LogP contribution < -0.4 is 0 Å². The van der Waals surface area contributed by atoms with Crippen LogP contribution in [0.1, 0.15) is 36.8 Å². The molecule has 0 bridgehead atoms. The zero-order chi connectivity index (χ0) is 19.6. The van der Waals surface area contributed by atoms with Crippen molar-refractivity contribution in [2.45, 2.75) is 31.7 Å². The third kappa shape index (κ3) is 3.75. The predicted octanol–water partition coefficient (Wildman–Crippen LogP) is 3.84. The molecule has 2 aromatic rings. The molecular weight excluding hydrogens is 338 g/mol. The van der Waals surface area contributed by atoms with E-state index in [1.807, 2.05) is 50.2 Å². The number of amides is 1. The number of rotatable bonds is 6. The Kier molecular flexibility index (Phi) is 5.64. The van der Waals surface area contributed by atoms with Crippen molar-refractivity contribution in [3.8, 4) is 0 Å². The average Bonchev–Trinajstić information content (AvgIpc) is 3.44. The van der Waals surface area contributed by atoms with Crippen molar-refractivity contribution in [3.63, 3.8) is 0 Å². The van der Waals surface area contributed by atoms with Crippen molar-refractivity contribution in [1.82, 2.24) is 4.90 Å². The summed E-state index contributed by atoms with van der Waals surface area (Å²) in [7, 11) is 3.08. The van der Waals surface area contributed by atoms with E-state index < -0.39 is 6.04 Å². The van der Waals surface area contributed by atoms with E-state index >= 15 is 0 Å². The number of hydrogen-bond acceptors (Lipinski definition) is 3. The van der Waals surface area contributed by atoms with Gasteiger partial charge in [0, 0.05) is 18.9 Å². The Morgan fingerprint density at radius 2 is 1.33 bits per heavy atom. The lowest BCUT2D eigenvalue weighted by Crippen LogP contribution is -2.47. The number of carbonyl (C=O) groups is 2. The molecule has 142 valence electrons. The summed E-state index contributed by atoms with van der Waals surface area (Å²) < 4.78 is 4.94. The van der Waals surface area contributed by atoms with Crippen LogP contribution in [0.25, 0.3) is 0 Å². The zero-order valence-electron chi connectivity index (χ0n) is 16.3. The van der Waals surface area contributed by atoms with Gasteiger partial charge < -0.3 is 9.64 Å². The van der Waals surface area contributed by atoms with Gasteiger partial charge in [-0.2, -0.15) is 0 Å². The number of carbonyl (C=O) groups excluding carboxylic acids is 2. The Morgan fingerprint density at radius 1 is 0.889 bits per heavy atom. The highest BCUT2D eigenvalue weighted by Gasteiger charge is 2.57. The van der Waals surface area contributed by atoms with Gasteiger partial charge >= 0.3 is 5.97 Å². The van der Waals surface area contributed by atoms with Gasteiger partial charge in [-0.1, -0.05) is 74.5 Å². The summed E-state index contributed by atoms with van der Waals surface area (Å²) in [4.78, 5) is 27.2. The highest BCUT2D eigenvalue weighted by atomic mass is 16.5. The summed E-state index contributed by atoms with van der Waals surface area (Å²) in [6.45, 7) is 3.86. The second kappa shape index (κ2) is 7.95. The molecule has 3 rings (SSSR count). The van der Waals surface area contributed by atoms with E-state index in [4.69, 9.17) is 4.74 Å². The van der Waals surface area contributed by atoms with Crippen LogP contribution in [0.4, 0.5) is 0 Å². The summed E-state index contributed by atoms with van der Waals surface area (Å²) in [5.74, 6) is -0.278. The molecule has 0 aliphatic heterocycles. The van der Waals surface area contributed by atoms with Gasteiger partial charge in [0.2, 0.25) is 5.91 Å². The van der Waals surface area contributed by atoms with Crippen molar-refractivity contribution in [1.29, 1.82) is 0 Å². The maximum absolute atomic E-state index is 13.4. The van der Waals surface area contributed by atoms with Gasteiger partial charge in [0.25, 0.3) is 0 Å². The van der Waals surface area contributed by atoms with Crippen LogP contribution in [0.5, 0.6) is 0 Å². The van der Waals surface area contributed by atoms with Gasteiger partial charge in [0.15, 0.2) is 0 Å². The minimum Gasteiger partial charge on any atom is -0.467 e. The molecule has 0 heterocycles. The van der Waals surface area contributed by atoms with Crippen LogP contribution in [-0.2, 0) is 14.3 Å². The van der Waals surface area contributed by atoms with Gasteiger partial charge in [-0.25, -0.2) is 4.79 Å². The molecule has 3 atom stereocenters. The Bertz CT molecular complexity index is 742. The van der Waals surface area contributed by atoms with Gasteiger partial charge in [-0.3, -0.25) is 4.79 Å². The van der Waals surface area contributed by atoms with Crippen molar-refractivity contribution in [2.75, 3.05) is 14.2 Å². The molecule has 2 aromatic carbocycles. The van der Waals surface area contributed by atoms with Crippen LogP contribution in [-0.4, -0.2) is 37.0 Å². The third-order valence-corrected chi connectivity index (χ3v) is 5.51. The quantitative estimate of drug-likeness (QED) is 0.731. The molecule has 1 saturated carbocycles. The first-order valence-corrected chi connectivity index (χ1v) is 9.41. The molecule has 4 nitrogen and oxygen atoms in total. The summed E-state index contributed by atoms with van der Waals surface area (Å²) in [5.41, 5.74) is 2.33. The average molecular weight is 365 g/mol. The Morgan fingerprint density at radius 3 is 1.70 bits per heavy atom. The van der Waals surface area contributed by atoms with Gasteiger partial charge in [-0.15, -0.1) is 0 Å². The van der Waals surface area contributed by atoms with E-state index in [1.165, 1.54) is 7.11 Å². The lowest BCUT2D eigenvalue weighted by Gasteiger charge is -2.29. The first-order valence-electron chi connectivity index (χ1n) is 9.41. The minimum atomic E-state index is -0.573. The fourth-order valence-corrected chi connectivity index (χ4v) is 4.17. The fourth-order valence-electron chi connectivity index (χ4n) is 4.17. The molecule has 0 radical (unpaired) electrons. The maximum Gasteiger partial charge on any atom is 0.328 e.